The number of rotatable bonds is 7. The van der Waals surface area contributed by atoms with E-state index in [0.717, 1.165) is 15.5 Å². The first-order chi connectivity index (χ1) is 16.1. The van der Waals surface area contributed by atoms with Crippen LogP contribution in [-0.2, 0) is 20.0 Å². The number of hydrogen-bond acceptors (Lipinski definition) is 5. The molecule has 1 aliphatic heterocycles. The Hall–Kier alpha value is -2.88. The predicted octanol–water partition coefficient (Wildman–Crippen LogP) is 4.95. The summed E-state index contributed by atoms with van der Waals surface area (Å²) in [6.45, 7) is 3.47. The third-order valence-electron chi connectivity index (χ3n) is 5.66. The van der Waals surface area contributed by atoms with Gasteiger partial charge < -0.3 is 0 Å². The maximum absolute atomic E-state index is 13.6. The number of benzene rings is 3. The molecular formula is C24H24ClN3O4S2. The fourth-order valence-electron chi connectivity index (χ4n) is 3.84. The number of nitrogens with one attached hydrogen (secondary N) is 1. The van der Waals surface area contributed by atoms with Crippen LogP contribution in [0.3, 0.4) is 0 Å². The van der Waals surface area contributed by atoms with Crippen molar-refractivity contribution in [1.29, 1.82) is 0 Å². The van der Waals surface area contributed by atoms with Crippen LogP contribution in [0.5, 0.6) is 0 Å². The molecular weight excluding hydrogens is 494 g/mol. The standard InChI is InChI=1S/C24H24ClN3O4S2/c1-3-33(29,30)27-22-11-7-6-10-21(22)23-16-24(20-9-5-4-8-17(20)2)28(26-23)34(31,32)19-14-12-18(25)13-15-19/h4-15,24,27H,3,16H2,1-2H3/t24-/m0/s1. The van der Waals surface area contributed by atoms with Gasteiger partial charge in [-0.1, -0.05) is 54.1 Å². The molecule has 0 saturated carbocycles. The maximum atomic E-state index is 13.6. The fourth-order valence-corrected chi connectivity index (χ4v) is 6.05. The number of halogens is 1. The van der Waals surface area contributed by atoms with Crippen LogP contribution in [-0.4, -0.2) is 32.7 Å². The van der Waals surface area contributed by atoms with Crippen LogP contribution in [0.1, 0.15) is 36.1 Å². The number of sulfonamides is 2. The van der Waals surface area contributed by atoms with E-state index in [1.165, 1.54) is 24.3 Å². The van der Waals surface area contributed by atoms with Crippen LogP contribution in [0.25, 0.3) is 0 Å². The molecule has 0 aliphatic carbocycles. The second-order valence-corrected chi connectivity index (χ2v) is 12.1. The molecule has 0 unspecified atom stereocenters. The lowest BCUT2D eigenvalue weighted by atomic mass is 9.95. The quantitative estimate of drug-likeness (QED) is 0.479. The van der Waals surface area contributed by atoms with Crippen molar-refractivity contribution >= 4 is 43.0 Å². The average molecular weight is 518 g/mol. The van der Waals surface area contributed by atoms with Gasteiger partial charge in [-0.15, -0.1) is 0 Å². The summed E-state index contributed by atoms with van der Waals surface area (Å²) >= 11 is 5.96. The van der Waals surface area contributed by atoms with E-state index in [9.17, 15) is 16.8 Å². The molecule has 178 valence electrons. The molecule has 0 bridgehead atoms. The second-order valence-electron chi connectivity index (χ2n) is 7.91. The number of aryl methyl sites for hydroxylation is 1. The van der Waals surface area contributed by atoms with Crippen molar-refractivity contribution < 1.29 is 16.8 Å². The van der Waals surface area contributed by atoms with Crippen molar-refractivity contribution in [2.45, 2.75) is 31.2 Å². The Morgan fingerprint density at radius 3 is 2.29 bits per heavy atom. The van der Waals surface area contributed by atoms with E-state index in [1.807, 2.05) is 31.2 Å². The fraction of sp³-hybridized carbons (Fsp3) is 0.208. The summed E-state index contributed by atoms with van der Waals surface area (Å²) in [7, 11) is -7.55. The Balaban J connectivity index is 1.84. The Morgan fingerprint density at radius 1 is 0.971 bits per heavy atom. The lowest BCUT2D eigenvalue weighted by molar-refractivity contribution is 0.370. The van der Waals surface area contributed by atoms with E-state index in [4.69, 9.17) is 11.6 Å². The highest BCUT2D eigenvalue weighted by Gasteiger charge is 2.38. The van der Waals surface area contributed by atoms with Crippen LogP contribution < -0.4 is 4.72 Å². The molecule has 3 aromatic rings. The second kappa shape index (κ2) is 9.40. The van der Waals surface area contributed by atoms with E-state index in [1.54, 1.807) is 31.2 Å². The molecule has 0 aromatic heterocycles. The molecule has 0 saturated heterocycles. The van der Waals surface area contributed by atoms with Crippen LogP contribution in [0.2, 0.25) is 5.02 Å². The molecule has 1 heterocycles. The Bertz CT molecular complexity index is 1450. The topological polar surface area (TPSA) is 95.9 Å². The summed E-state index contributed by atoms with van der Waals surface area (Å²) in [6.07, 6.45) is 0.280. The minimum absolute atomic E-state index is 0.0699. The van der Waals surface area contributed by atoms with Gasteiger partial charge in [0, 0.05) is 17.0 Å². The van der Waals surface area contributed by atoms with Crippen LogP contribution in [0, 0.1) is 6.92 Å². The monoisotopic (exact) mass is 517 g/mol. The third kappa shape index (κ3) is 4.82. The minimum atomic E-state index is -4.01. The van der Waals surface area contributed by atoms with E-state index in [-0.39, 0.29) is 17.1 Å². The SMILES string of the molecule is CCS(=O)(=O)Nc1ccccc1C1=NN(S(=O)(=O)c2ccc(Cl)cc2)[C@H](c2ccccc2C)C1. The molecule has 10 heteroatoms. The Kier molecular flexibility index (Phi) is 6.71. The molecule has 0 fully saturated rings. The van der Waals surface area contributed by atoms with Crippen LogP contribution >= 0.6 is 11.6 Å². The number of hydrogen-bond donors (Lipinski definition) is 1. The molecule has 1 N–H and O–H groups in total. The summed E-state index contributed by atoms with van der Waals surface area (Å²) in [5.41, 5.74) is 3.12. The zero-order chi connectivity index (χ0) is 24.5. The van der Waals surface area contributed by atoms with Crippen molar-refractivity contribution in [2.75, 3.05) is 10.5 Å². The normalized spacial score (nSPS) is 16.4. The number of anilines is 1. The maximum Gasteiger partial charge on any atom is 0.279 e. The van der Waals surface area contributed by atoms with E-state index >= 15 is 0 Å². The molecule has 34 heavy (non-hydrogen) atoms. The molecule has 3 aromatic carbocycles. The highest BCUT2D eigenvalue weighted by molar-refractivity contribution is 7.92. The Labute approximate surface area is 205 Å². The van der Waals surface area contributed by atoms with Gasteiger partial charge in [-0.2, -0.15) is 17.9 Å². The molecule has 0 spiro atoms. The lowest BCUT2D eigenvalue weighted by Crippen LogP contribution is -2.27. The molecule has 7 nitrogen and oxygen atoms in total. The smallest absolute Gasteiger partial charge is 0.279 e. The minimum Gasteiger partial charge on any atom is -0.283 e. The molecule has 1 atom stereocenters. The van der Waals surface area contributed by atoms with Crippen molar-refractivity contribution in [1.82, 2.24) is 4.41 Å². The van der Waals surface area contributed by atoms with Crippen molar-refractivity contribution in [3.8, 4) is 0 Å². The third-order valence-corrected chi connectivity index (χ3v) is 8.90. The Morgan fingerprint density at radius 2 is 1.62 bits per heavy atom. The van der Waals surface area contributed by atoms with Crippen molar-refractivity contribution in [2.24, 2.45) is 5.10 Å². The molecule has 0 radical (unpaired) electrons. The van der Waals surface area contributed by atoms with Gasteiger partial charge in [-0.25, -0.2) is 8.42 Å². The highest BCUT2D eigenvalue weighted by atomic mass is 35.5. The first-order valence-corrected chi connectivity index (χ1v) is 14.1. The van der Waals surface area contributed by atoms with Gasteiger partial charge in [0.15, 0.2) is 0 Å². The highest BCUT2D eigenvalue weighted by Crippen LogP contribution is 2.39. The summed E-state index contributed by atoms with van der Waals surface area (Å²) < 4.78 is 55.5. The molecule has 1 aliphatic rings. The van der Waals surface area contributed by atoms with Crippen molar-refractivity contribution in [3.63, 3.8) is 0 Å². The average Bonchev–Trinajstić information content (AvgIpc) is 3.26. The van der Waals surface area contributed by atoms with Gasteiger partial charge in [0.25, 0.3) is 10.0 Å². The summed E-state index contributed by atoms with van der Waals surface area (Å²) in [4.78, 5) is 0.0699. The van der Waals surface area contributed by atoms with Gasteiger partial charge in [0.1, 0.15) is 0 Å². The first-order valence-electron chi connectivity index (χ1n) is 10.7. The van der Waals surface area contributed by atoms with Crippen LogP contribution in [0.4, 0.5) is 5.69 Å². The zero-order valence-electron chi connectivity index (χ0n) is 18.6. The lowest BCUT2D eigenvalue weighted by Gasteiger charge is -2.24. The summed E-state index contributed by atoms with van der Waals surface area (Å²) in [5, 5.41) is 4.97. The van der Waals surface area contributed by atoms with Crippen molar-refractivity contribution in [3.05, 3.63) is 94.5 Å². The molecule has 0 amide bonds. The summed E-state index contributed by atoms with van der Waals surface area (Å²) in [5.74, 6) is -0.0866. The number of nitrogens with zero attached hydrogens (tertiary/aromatic N) is 2. The van der Waals surface area contributed by atoms with Gasteiger partial charge in [0.05, 0.1) is 28.1 Å². The van der Waals surface area contributed by atoms with Gasteiger partial charge in [-0.05, 0) is 55.3 Å². The summed E-state index contributed by atoms with van der Waals surface area (Å²) in [6, 6.07) is 19.8. The molecule has 4 rings (SSSR count). The van der Waals surface area contributed by atoms with Gasteiger partial charge >= 0.3 is 0 Å². The number of para-hydroxylation sites is 1. The zero-order valence-corrected chi connectivity index (χ0v) is 21.0. The van der Waals surface area contributed by atoms with E-state index in [2.05, 4.69) is 9.82 Å². The van der Waals surface area contributed by atoms with E-state index in [0.29, 0.717) is 22.0 Å². The largest absolute Gasteiger partial charge is 0.283 e. The van der Waals surface area contributed by atoms with E-state index < -0.39 is 26.1 Å². The van der Waals surface area contributed by atoms with Crippen LogP contribution in [0.15, 0.2) is 82.8 Å². The number of hydrazone groups is 1. The first kappa shape index (κ1) is 24.3. The predicted molar refractivity (Wildman–Crippen MR) is 135 cm³/mol. The van der Waals surface area contributed by atoms with Gasteiger partial charge in [-0.3, -0.25) is 4.72 Å². The van der Waals surface area contributed by atoms with Gasteiger partial charge in [0.2, 0.25) is 10.0 Å².